The highest BCUT2D eigenvalue weighted by Crippen LogP contribution is 2.71. The van der Waals surface area contributed by atoms with E-state index in [0.717, 1.165) is 6.42 Å². The van der Waals surface area contributed by atoms with Crippen LogP contribution in [0.4, 0.5) is 0 Å². The number of ketones is 1. The summed E-state index contributed by atoms with van der Waals surface area (Å²) in [6, 6.07) is 0. The minimum absolute atomic E-state index is 0.0819. The van der Waals surface area contributed by atoms with Crippen LogP contribution in [0, 0.1) is 39.9 Å². The van der Waals surface area contributed by atoms with E-state index in [-0.39, 0.29) is 36.2 Å². The van der Waals surface area contributed by atoms with Gasteiger partial charge in [0.1, 0.15) is 11.5 Å². The normalized spacial score (nSPS) is 54.0. The first-order valence-corrected chi connectivity index (χ1v) is 10.4. The predicted molar refractivity (Wildman–Crippen MR) is 95.8 cm³/mol. The molecule has 0 aromatic rings. The largest absolute Gasteiger partial charge is 0.461 e. The van der Waals surface area contributed by atoms with Crippen LogP contribution in [0.25, 0.3) is 0 Å². The zero-order valence-corrected chi connectivity index (χ0v) is 16.7. The number of aliphatic hydroxyl groups excluding tert-OH is 2. The fourth-order valence-corrected chi connectivity index (χ4v) is 7.92. The topological polar surface area (TPSA) is 102 Å². The first-order chi connectivity index (χ1) is 13.2. The van der Waals surface area contributed by atoms with E-state index in [1.807, 2.05) is 0 Å². The number of ether oxygens (including phenoxy) is 3. The molecule has 3 aliphatic carbocycles. The first-order valence-electron chi connectivity index (χ1n) is 10.4. The molecule has 2 spiro atoms. The quantitative estimate of drug-likeness (QED) is 0.530. The summed E-state index contributed by atoms with van der Waals surface area (Å²) in [6.45, 7) is 4.65. The minimum atomic E-state index is -1.35. The average molecular weight is 394 g/mol. The lowest BCUT2D eigenvalue weighted by atomic mass is 9.43. The number of hydrogen-bond donors (Lipinski definition) is 2. The van der Waals surface area contributed by atoms with Crippen molar-refractivity contribution in [1.82, 2.24) is 0 Å². The van der Waals surface area contributed by atoms with Gasteiger partial charge < -0.3 is 24.4 Å². The van der Waals surface area contributed by atoms with Crippen LogP contribution < -0.4 is 0 Å². The lowest BCUT2D eigenvalue weighted by molar-refractivity contribution is -0.251. The van der Waals surface area contributed by atoms with Crippen molar-refractivity contribution in [3.05, 3.63) is 0 Å². The Morgan fingerprint density at radius 1 is 1.21 bits per heavy atom. The number of aliphatic hydroxyl groups is 2. The molecule has 5 rings (SSSR count). The zero-order valence-electron chi connectivity index (χ0n) is 16.7. The molecule has 2 bridgehead atoms. The summed E-state index contributed by atoms with van der Waals surface area (Å²) in [6.07, 6.45) is 0.0922. The van der Waals surface area contributed by atoms with Crippen LogP contribution in [-0.4, -0.2) is 60.8 Å². The maximum Gasteiger partial charge on any atom is 0.320 e. The van der Waals surface area contributed by atoms with Crippen LogP contribution >= 0.6 is 0 Å². The molecule has 2 heterocycles. The summed E-state index contributed by atoms with van der Waals surface area (Å²) >= 11 is 0. The van der Waals surface area contributed by atoms with Gasteiger partial charge >= 0.3 is 5.97 Å². The standard InChI is InChI=1S/C21H30O7/c1-19(2)5-4-13-21(9-27-17(24)15(19)21)14-12(22)6-10-7-20(14,18(25)28-13)16(23)11(10)8-26-3/h10-15,17,22,24H,4-9H2,1-3H3/t10-,11-,12?,13-,14-,15+,17+,20-,21-/m0/s1. The van der Waals surface area contributed by atoms with Crippen LogP contribution in [0.3, 0.4) is 0 Å². The van der Waals surface area contributed by atoms with Gasteiger partial charge in [-0.15, -0.1) is 0 Å². The van der Waals surface area contributed by atoms with Gasteiger partial charge in [0.05, 0.1) is 19.3 Å². The summed E-state index contributed by atoms with van der Waals surface area (Å²) in [5.41, 5.74) is -2.33. The Labute approximate surface area is 164 Å². The van der Waals surface area contributed by atoms with Crippen LogP contribution in [0.5, 0.6) is 0 Å². The van der Waals surface area contributed by atoms with Crippen molar-refractivity contribution >= 4 is 11.8 Å². The Balaban J connectivity index is 1.69. The lowest BCUT2D eigenvalue weighted by Crippen LogP contribution is -2.70. The number of carbonyl (C=O) groups is 2. The van der Waals surface area contributed by atoms with Crippen LogP contribution in [0.2, 0.25) is 0 Å². The molecular weight excluding hydrogens is 364 g/mol. The molecule has 0 aromatic heterocycles. The summed E-state index contributed by atoms with van der Waals surface area (Å²) in [5, 5.41) is 22.1. The molecule has 1 unspecified atom stereocenters. The summed E-state index contributed by atoms with van der Waals surface area (Å²) in [5.74, 6) is -2.00. The molecule has 28 heavy (non-hydrogen) atoms. The Morgan fingerprint density at radius 2 is 1.96 bits per heavy atom. The highest BCUT2D eigenvalue weighted by molar-refractivity contribution is 6.08. The van der Waals surface area contributed by atoms with Crippen molar-refractivity contribution in [2.45, 2.75) is 58.0 Å². The van der Waals surface area contributed by atoms with Crippen molar-refractivity contribution in [3.63, 3.8) is 0 Å². The minimum Gasteiger partial charge on any atom is -0.461 e. The second-order valence-corrected chi connectivity index (χ2v) is 10.4. The van der Waals surface area contributed by atoms with Crippen molar-refractivity contribution in [2.24, 2.45) is 39.9 Å². The van der Waals surface area contributed by atoms with Gasteiger partial charge in [0.25, 0.3) is 0 Å². The van der Waals surface area contributed by atoms with E-state index < -0.39 is 47.1 Å². The summed E-state index contributed by atoms with van der Waals surface area (Å²) < 4.78 is 17.0. The fourth-order valence-electron chi connectivity index (χ4n) is 7.92. The van der Waals surface area contributed by atoms with Gasteiger partial charge in [-0.1, -0.05) is 13.8 Å². The highest BCUT2D eigenvalue weighted by Gasteiger charge is 2.79. The second-order valence-electron chi connectivity index (χ2n) is 10.4. The van der Waals surface area contributed by atoms with Gasteiger partial charge in [-0.25, -0.2) is 0 Å². The number of methoxy groups -OCH3 is 1. The van der Waals surface area contributed by atoms with Gasteiger partial charge in [0.2, 0.25) is 0 Å². The Hall–Kier alpha value is -1.02. The predicted octanol–water partition coefficient (Wildman–Crippen LogP) is 0.902. The Morgan fingerprint density at radius 3 is 2.68 bits per heavy atom. The number of hydrogen-bond acceptors (Lipinski definition) is 7. The van der Waals surface area contributed by atoms with Gasteiger partial charge in [0, 0.05) is 30.3 Å². The molecule has 0 radical (unpaired) electrons. The van der Waals surface area contributed by atoms with Crippen molar-refractivity contribution in [3.8, 4) is 0 Å². The molecule has 0 aromatic carbocycles. The lowest BCUT2D eigenvalue weighted by Gasteiger charge is -2.62. The fraction of sp³-hybridized carbons (Fsp3) is 0.905. The average Bonchev–Trinajstić information content (AvgIpc) is 3.08. The number of rotatable bonds is 2. The smallest absolute Gasteiger partial charge is 0.320 e. The summed E-state index contributed by atoms with van der Waals surface area (Å²) in [4.78, 5) is 26.9. The zero-order chi connectivity index (χ0) is 20.1. The maximum absolute atomic E-state index is 13.6. The molecule has 2 N–H and O–H groups in total. The Bertz CT molecular complexity index is 720. The van der Waals surface area contributed by atoms with E-state index in [2.05, 4.69) is 13.8 Å². The third kappa shape index (κ3) is 1.99. The van der Waals surface area contributed by atoms with Crippen LogP contribution in [0.15, 0.2) is 0 Å². The molecule has 0 amide bonds. The van der Waals surface area contributed by atoms with E-state index in [1.165, 1.54) is 0 Å². The molecule has 9 atom stereocenters. The van der Waals surface area contributed by atoms with Crippen molar-refractivity contribution in [2.75, 3.05) is 20.3 Å². The van der Waals surface area contributed by atoms with Gasteiger partial charge in [-0.05, 0) is 37.0 Å². The molecule has 5 fully saturated rings. The Kier molecular flexibility index (Phi) is 3.91. The second kappa shape index (κ2) is 5.78. The van der Waals surface area contributed by atoms with E-state index in [1.54, 1.807) is 7.11 Å². The van der Waals surface area contributed by atoms with Crippen LogP contribution in [0.1, 0.15) is 39.5 Å². The molecule has 2 aliphatic heterocycles. The number of esters is 1. The number of carbonyl (C=O) groups excluding carboxylic acids is 2. The third-order valence-corrected chi connectivity index (χ3v) is 8.79. The van der Waals surface area contributed by atoms with E-state index >= 15 is 0 Å². The van der Waals surface area contributed by atoms with Crippen LogP contribution in [-0.2, 0) is 23.8 Å². The van der Waals surface area contributed by atoms with Crippen molar-refractivity contribution < 1.29 is 34.0 Å². The van der Waals surface area contributed by atoms with E-state index in [0.29, 0.717) is 19.3 Å². The van der Waals surface area contributed by atoms with Gasteiger partial charge in [-0.2, -0.15) is 0 Å². The molecule has 2 saturated heterocycles. The monoisotopic (exact) mass is 394 g/mol. The van der Waals surface area contributed by atoms with E-state index in [9.17, 15) is 19.8 Å². The van der Waals surface area contributed by atoms with Crippen molar-refractivity contribution in [1.29, 1.82) is 0 Å². The number of Topliss-reactive ketones (excluding diaryl/α,β-unsaturated/α-hetero) is 1. The maximum atomic E-state index is 13.6. The molecule has 7 nitrogen and oxygen atoms in total. The molecule has 156 valence electrons. The van der Waals surface area contributed by atoms with E-state index in [4.69, 9.17) is 14.2 Å². The molecule has 7 heteroatoms. The first kappa shape index (κ1) is 19.0. The third-order valence-electron chi connectivity index (χ3n) is 8.79. The highest BCUT2D eigenvalue weighted by atomic mass is 16.6. The molecular formula is C21H30O7. The molecule has 3 saturated carbocycles. The number of fused-ring (bicyclic) bond motifs is 1. The van der Waals surface area contributed by atoms with Gasteiger partial charge in [0.15, 0.2) is 12.1 Å². The van der Waals surface area contributed by atoms with Gasteiger partial charge in [-0.3, -0.25) is 9.59 Å². The molecule has 5 aliphatic rings. The SMILES string of the molecule is COC[C@@H]1C(=O)[C@]23C[C@@H]1CC(O)[C@@H]2[C@@]12CO[C@@H](O)[C@@H]1C(C)(C)CC[C@@H]2OC3=O. The summed E-state index contributed by atoms with van der Waals surface area (Å²) in [7, 11) is 1.55.